The molecular weight excluding hydrogens is 146 g/mol. The molecule has 0 saturated carbocycles. The Labute approximate surface area is 64.4 Å². The Hall–Kier alpha value is -1.52. The lowest BCUT2D eigenvalue weighted by molar-refractivity contribution is -0.441. The van der Waals surface area contributed by atoms with Crippen LogP contribution < -0.4 is 0 Å². The maximum Gasteiger partial charge on any atom is 0.340 e. The Morgan fingerprint density at radius 2 is 2.18 bits per heavy atom. The zero-order valence-electron chi connectivity index (χ0n) is 6.44. The third-order valence-electron chi connectivity index (χ3n) is 1.63. The van der Waals surface area contributed by atoms with Gasteiger partial charge in [-0.1, -0.05) is 0 Å². The zero-order chi connectivity index (χ0) is 8.59. The third kappa shape index (κ3) is 1.04. The summed E-state index contributed by atoms with van der Waals surface area (Å²) in [6.45, 7) is 3.64. The summed E-state index contributed by atoms with van der Waals surface area (Å²) < 4.78 is 0. The summed E-state index contributed by atoms with van der Waals surface area (Å²) >= 11 is 0. The molecule has 1 heterocycles. The van der Waals surface area contributed by atoms with Gasteiger partial charge in [0.25, 0.3) is 0 Å². The number of nitrogens with zero attached hydrogens (tertiary/aromatic N) is 3. The van der Waals surface area contributed by atoms with Crippen molar-refractivity contribution in [3.8, 4) is 0 Å². The van der Waals surface area contributed by atoms with E-state index < -0.39 is 4.92 Å². The van der Waals surface area contributed by atoms with Crippen LogP contribution in [-0.2, 0) is 0 Å². The molecule has 60 valence electrons. The van der Waals surface area contributed by atoms with Gasteiger partial charge in [0.15, 0.2) is 5.82 Å². The van der Waals surface area contributed by atoms with Crippen molar-refractivity contribution in [3.05, 3.63) is 34.5 Å². The van der Waals surface area contributed by atoms with Gasteiger partial charge >= 0.3 is 5.82 Å². The molecule has 0 aromatic heterocycles. The molecule has 0 amide bonds. The van der Waals surface area contributed by atoms with Crippen LogP contribution in [0.2, 0.25) is 0 Å². The van der Waals surface area contributed by atoms with E-state index in [4.69, 9.17) is 0 Å². The predicted octanol–water partition coefficient (Wildman–Crippen LogP) is 0.410. The molecule has 5 heteroatoms. The highest BCUT2D eigenvalue weighted by Crippen LogP contribution is 2.20. The van der Waals surface area contributed by atoms with Crippen LogP contribution >= 0.6 is 0 Å². The molecule has 0 radical (unpaired) electrons. The van der Waals surface area contributed by atoms with E-state index in [1.165, 1.54) is 11.1 Å². The molecule has 0 N–H and O–H groups in total. The van der Waals surface area contributed by atoms with Gasteiger partial charge in [-0.15, -0.1) is 0 Å². The summed E-state index contributed by atoms with van der Waals surface area (Å²) in [6.07, 6.45) is 1.43. The van der Waals surface area contributed by atoms with Crippen molar-refractivity contribution >= 4 is 0 Å². The van der Waals surface area contributed by atoms with Crippen molar-refractivity contribution in [2.75, 3.05) is 14.1 Å². The van der Waals surface area contributed by atoms with Crippen molar-refractivity contribution in [1.29, 1.82) is 0 Å². The topological polar surface area (TPSA) is 49.6 Å². The fourth-order valence-corrected chi connectivity index (χ4v) is 0.873. The quantitative estimate of drug-likeness (QED) is 0.406. The van der Waals surface area contributed by atoms with Crippen LogP contribution in [0, 0.1) is 10.1 Å². The smallest absolute Gasteiger partial charge is 0.340 e. The number of nitro groups is 1. The average Bonchev–Trinajstić information content (AvgIpc) is 2.17. The first kappa shape index (κ1) is 7.59. The molecule has 1 rings (SSSR count). The summed E-state index contributed by atoms with van der Waals surface area (Å²) in [6, 6.07) is 0. The molecular formula is C6H9N3O2. The normalized spacial score (nSPS) is 17.3. The fraction of sp³-hybridized carbons (Fsp3) is 0.333. The van der Waals surface area contributed by atoms with E-state index in [0.717, 1.165) is 0 Å². The standard InChI is InChI=1S/C6H9N3O2/c1-5-7(2)4-6(8(5)3)9(10)11/h4H,1H2,2-3H3. The SMILES string of the molecule is C=C1N(C)C=C([N+](=O)[O-])N1C. The van der Waals surface area contributed by atoms with Gasteiger partial charge in [0.1, 0.15) is 6.20 Å². The van der Waals surface area contributed by atoms with Crippen molar-refractivity contribution in [2.24, 2.45) is 0 Å². The van der Waals surface area contributed by atoms with Gasteiger partial charge < -0.3 is 15.0 Å². The minimum Gasteiger partial charge on any atom is -0.358 e. The average molecular weight is 155 g/mol. The van der Waals surface area contributed by atoms with Crippen LogP contribution in [0.3, 0.4) is 0 Å². The predicted molar refractivity (Wildman–Crippen MR) is 39.7 cm³/mol. The van der Waals surface area contributed by atoms with Crippen LogP contribution in [-0.4, -0.2) is 28.8 Å². The molecule has 0 saturated heterocycles. The molecule has 0 bridgehead atoms. The molecule has 11 heavy (non-hydrogen) atoms. The van der Waals surface area contributed by atoms with E-state index in [2.05, 4.69) is 6.58 Å². The molecule has 1 aliphatic rings. The fourth-order valence-electron chi connectivity index (χ4n) is 0.873. The summed E-state index contributed by atoms with van der Waals surface area (Å²) in [5.41, 5.74) is 0. The van der Waals surface area contributed by atoms with Crippen molar-refractivity contribution in [3.63, 3.8) is 0 Å². The Bertz CT molecular complexity index is 246. The van der Waals surface area contributed by atoms with Crippen LogP contribution in [0.15, 0.2) is 24.4 Å². The summed E-state index contributed by atoms with van der Waals surface area (Å²) in [4.78, 5) is 12.9. The summed E-state index contributed by atoms with van der Waals surface area (Å²) in [5.74, 6) is 0.661. The van der Waals surface area contributed by atoms with Gasteiger partial charge in [-0.25, -0.2) is 4.90 Å². The highest BCUT2D eigenvalue weighted by molar-refractivity contribution is 5.12. The number of hydrogen-bond acceptors (Lipinski definition) is 4. The molecule has 0 spiro atoms. The maximum atomic E-state index is 10.3. The molecule has 5 nitrogen and oxygen atoms in total. The second kappa shape index (κ2) is 2.26. The van der Waals surface area contributed by atoms with Crippen LogP contribution in [0.5, 0.6) is 0 Å². The largest absolute Gasteiger partial charge is 0.358 e. The van der Waals surface area contributed by atoms with E-state index in [1.807, 2.05) is 0 Å². The maximum absolute atomic E-state index is 10.3. The third-order valence-corrected chi connectivity index (χ3v) is 1.63. The van der Waals surface area contributed by atoms with Crippen molar-refractivity contribution < 1.29 is 4.92 Å². The molecule has 0 unspecified atom stereocenters. The molecule has 0 aromatic carbocycles. The van der Waals surface area contributed by atoms with Crippen LogP contribution in [0.1, 0.15) is 0 Å². The van der Waals surface area contributed by atoms with Gasteiger partial charge in [0.05, 0.1) is 7.05 Å². The lowest BCUT2D eigenvalue weighted by Crippen LogP contribution is -2.19. The minimum absolute atomic E-state index is 0.0532. The van der Waals surface area contributed by atoms with E-state index in [-0.39, 0.29) is 5.82 Å². The van der Waals surface area contributed by atoms with Crippen LogP contribution in [0.25, 0.3) is 0 Å². The minimum atomic E-state index is -0.436. The number of hydrogen-bond donors (Lipinski definition) is 0. The van der Waals surface area contributed by atoms with Crippen molar-refractivity contribution in [2.45, 2.75) is 0 Å². The zero-order valence-corrected chi connectivity index (χ0v) is 6.44. The molecule has 0 aromatic rings. The summed E-state index contributed by atoms with van der Waals surface area (Å²) in [7, 11) is 3.33. The highest BCUT2D eigenvalue weighted by atomic mass is 16.6. The second-order valence-corrected chi connectivity index (χ2v) is 2.33. The van der Waals surface area contributed by atoms with Gasteiger partial charge in [-0.05, 0) is 11.5 Å². The Morgan fingerprint density at radius 1 is 1.64 bits per heavy atom. The Morgan fingerprint density at radius 3 is 2.36 bits per heavy atom. The first-order valence-corrected chi connectivity index (χ1v) is 3.05. The molecule has 1 aliphatic heterocycles. The first-order chi connectivity index (χ1) is 5.04. The van der Waals surface area contributed by atoms with Gasteiger partial charge in [-0.2, -0.15) is 0 Å². The Balaban J connectivity index is 2.92. The van der Waals surface area contributed by atoms with E-state index in [9.17, 15) is 10.1 Å². The lowest BCUT2D eigenvalue weighted by Gasteiger charge is -2.10. The lowest BCUT2D eigenvalue weighted by atomic mass is 10.7. The number of rotatable bonds is 1. The summed E-state index contributed by atoms with van der Waals surface area (Å²) in [5, 5.41) is 10.3. The molecule has 0 fully saturated rings. The van der Waals surface area contributed by atoms with Gasteiger partial charge in [0.2, 0.25) is 0 Å². The first-order valence-electron chi connectivity index (χ1n) is 3.05. The van der Waals surface area contributed by atoms with Crippen LogP contribution in [0.4, 0.5) is 0 Å². The van der Waals surface area contributed by atoms with E-state index in [0.29, 0.717) is 5.82 Å². The van der Waals surface area contributed by atoms with E-state index in [1.54, 1.807) is 19.0 Å². The molecule has 0 atom stereocenters. The molecule has 0 aliphatic carbocycles. The Kier molecular flexibility index (Phi) is 1.56. The highest BCUT2D eigenvalue weighted by Gasteiger charge is 2.29. The van der Waals surface area contributed by atoms with Gasteiger partial charge in [-0.3, -0.25) is 0 Å². The van der Waals surface area contributed by atoms with Crippen molar-refractivity contribution in [1.82, 2.24) is 9.80 Å². The van der Waals surface area contributed by atoms with E-state index >= 15 is 0 Å². The monoisotopic (exact) mass is 155 g/mol. The van der Waals surface area contributed by atoms with Gasteiger partial charge in [0, 0.05) is 7.05 Å². The second-order valence-electron chi connectivity index (χ2n) is 2.33.